The number of urea groups is 1. The topological polar surface area (TPSA) is 107 Å². The molecule has 70 valence electrons. The highest BCUT2D eigenvalue weighted by Crippen LogP contribution is 1.79. The zero-order chi connectivity index (χ0) is 9.40. The number of imide groups is 1. The summed E-state index contributed by atoms with van der Waals surface area (Å²) in [5.41, 5.74) is 9.85. The molecule has 0 spiro atoms. The van der Waals surface area contributed by atoms with Crippen LogP contribution in [-0.2, 0) is 9.53 Å². The number of primary amides is 1. The van der Waals surface area contributed by atoms with Gasteiger partial charge >= 0.3 is 6.03 Å². The van der Waals surface area contributed by atoms with Crippen LogP contribution >= 0.6 is 0 Å². The van der Waals surface area contributed by atoms with Crippen molar-refractivity contribution in [3.05, 3.63) is 0 Å². The summed E-state index contributed by atoms with van der Waals surface area (Å²) in [5, 5.41) is 1.86. The number of nitrogens with two attached hydrogens (primary N) is 2. The van der Waals surface area contributed by atoms with Crippen LogP contribution in [0.3, 0.4) is 0 Å². The van der Waals surface area contributed by atoms with Crippen LogP contribution in [0.25, 0.3) is 0 Å². The van der Waals surface area contributed by atoms with E-state index in [1.807, 2.05) is 5.32 Å². The highest BCUT2D eigenvalue weighted by molar-refractivity contribution is 5.94. The van der Waals surface area contributed by atoms with E-state index in [0.29, 0.717) is 19.6 Å². The van der Waals surface area contributed by atoms with Crippen LogP contribution in [0, 0.1) is 0 Å². The zero-order valence-corrected chi connectivity index (χ0v) is 6.71. The highest BCUT2D eigenvalue weighted by Gasteiger charge is 2.02. The number of ether oxygens (including phenoxy) is 1. The van der Waals surface area contributed by atoms with Crippen molar-refractivity contribution >= 4 is 11.9 Å². The molecule has 0 unspecified atom stereocenters. The van der Waals surface area contributed by atoms with E-state index < -0.39 is 11.9 Å². The number of nitrogens with one attached hydrogen (secondary N) is 1. The fourth-order valence-corrected chi connectivity index (χ4v) is 0.524. The number of carbonyl (C=O) groups excluding carboxylic acids is 2. The zero-order valence-electron chi connectivity index (χ0n) is 6.71. The number of hydrogen-bond acceptors (Lipinski definition) is 4. The predicted molar refractivity (Wildman–Crippen MR) is 42.2 cm³/mol. The number of hydrogen-bond donors (Lipinski definition) is 3. The monoisotopic (exact) mass is 175 g/mol. The minimum absolute atomic E-state index is 0.164. The number of rotatable bonds is 5. The molecule has 0 heterocycles. The Labute approximate surface area is 70.2 Å². The Hall–Kier alpha value is -1.14. The summed E-state index contributed by atoms with van der Waals surface area (Å²) in [4.78, 5) is 20.8. The van der Waals surface area contributed by atoms with Gasteiger partial charge in [-0.3, -0.25) is 10.1 Å². The quantitative estimate of drug-likeness (QED) is 0.444. The molecule has 0 rings (SSSR count). The smallest absolute Gasteiger partial charge is 0.318 e. The molecule has 0 aliphatic rings. The third-order valence-electron chi connectivity index (χ3n) is 0.989. The van der Waals surface area contributed by atoms with Gasteiger partial charge < -0.3 is 16.2 Å². The van der Waals surface area contributed by atoms with Gasteiger partial charge in [-0.2, -0.15) is 0 Å². The van der Waals surface area contributed by atoms with Gasteiger partial charge in [0.25, 0.3) is 5.91 Å². The fraction of sp³-hybridized carbons (Fsp3) is 0.667. The van der Waals surface area contributed by atoms with Crippen molar-refractivity contribution in [3.63, 3.8) is 0 Å². The molecular weight excluding hydrogens is 162 g/mol. The maximum Gasteiger partial charge on any atom is 0.318 e. The SMILES string of the molecule is NCCCOCC(=O)NC(N)=O. The van der Waals surface area contributed by atoms with Crippen LogP contribution in [0.1, 0.15) is 6.42 Å². The van der Waals surface area contributed by atoms with Crippen molar-refractivity contribution in [2.75, 3.05) is 19.8 Å². The van der Waals surface area contributed by atoms with E-state index in [-0.39, 0.29) is 6.61 Å². The molecule has 0 fully saturated rings. The summed E-state index contributed by atoms with van der Waals surface area (Å²) in [6.45, 7) is 0.753. The molecule has 0 saturated heterocycles. The van der Waals surface area contributed by atoms with E-state index in [2.05, 4.69) is 5.73 Å². The summed E-state index contributed by atoms with van der Waals surface area (Å²) in [6, 6.07) is -0.873. The molecule has 0 saturated carbocycles. The van der Waals surface area contributed by atoms with Crippen molar-refractivity contribution in [1.82, 2.24) is 5.32 Å². The Kier molecular flexibility index (Phi) is 5.94. The second-order valence-electron chi connectivity index (χ2n) is 2.11. The molecule has 6 heteroatoms. The summed E-state index contributed by atoms with van der Waals surface area (Å²) in [5.74, 6) is -0.542. The van der Waals surface area contributed by atoms with Gasteiger partial charge in [-0.1, -0.05) is 0 Å². The third kappa shape index (κ3) is 6.97. The Balaban J connectivity index is 3.26. The Morgan fingerprint density at radius 1 is 1.42 bits per heavy atom. The molecule has 0 aromatic rings. The number of carbonyl (C=O) groups is 2. The largest absolute Gasteiger partial charge is 0.372 e. The van der Waals surface area contributed by atoms with Crippen LogP contribution in [0.15, 0.2) is 0 Å². The van der Waals surface area contributed by atoms with E-state index in [1.165, 1.54) is 0 Å². The van der Waals surface area contributed by atoms with Gasteiger partial charge in [-0.15, -0.1) is 0 Å². The summed E-state index contributed by atoms with van der Waals surface area (Å²) < 4.78 is 4.84. The molecular formula is C6H13N3O3. The summed E-state index contributed by atoms with van der Waals surface area (Å²) >= 11 is 0. The molecule has 0 aliphatic heterocycles. The van der Waals surface area contributed by atoms with Crippen LogP contribution < -0.4 is 16.8 Å². The molecule has 0 aromatic heterocycles. The standard InChI is InChI=1S/C6H13N3O3/c7-2-1-3-12-4-5(10)9-6(8)11/h1-4,7H2,(H3,8,9,10,11). The Bertz CT molecular complexity index is 160. The summed E-state index contributed by atoms with van der Waals surface area (Å²) in [6.07, 6.45) is 0.684. The molecule has 0 radical (unpaired) electrons. The van der Waals surface area contributed by atoms with Crippen LogP contribution in [0.5, 0.6) is 0 Å². The minimum atomic E-state index is -0.873. The van der Waals surface area contributed by atoms with Crippen molar-refractivity contribution in [3.8, 4) is 0 Å². The average molecular weight is 175 g/mol. The van der Waals surface area contributed by atoms with Crippen LogP contribution in [0.2, 0.25) is 0 Å². The molecule has 0 bridgehead atoms. The van der Waals surface area contributed by atoms with Crippen LogP contribution in [0.4, 0.5) is 4.79 Å². The molecule has 0 aliphatic carbocycles. The second kappa shape index (κ2) is 6.56. The van der Waals surface area contributed by atoms with Crippen LogP contribution in [-0.4, -0.2) is 31.7 Å². The average Bonchev–Trinajstić information content (AvgIpc) is 1.97. The van der Waals surface area contributed by atoms with Crippen molar-refractivity contribution in [2.45, 2.75) is 6.42 Å². The first-order valence-corrected chi connectivity index (χ1v) is 3.54. The van der Waals surface area contributed by atoms with E-state index in [4.69, 9.17) is 10.5 Å². The first kappa shape index (κ1) is 10.9. The predicted octanol–water partition coefficient (Wildman–Crippen LogP) is -1.45. The summed E-state index contributed by atoms with van der Waals surface area (Å²) in [7, 11) is 0. The van der Waals surface area contributed by atoms with E-state index in [9.17, 15) is 9.59 Å². The van der Waals surface area contributed by atoms with Gasteiger partial charge in [0.1, 0.15) is 6.61 Å². The number of amides is 3. The first-order chi connectivity index (χ1) is 5.66. The lowest BCUT2D eigenvalue weighted by molar-refractivity contribution is -0.124. The normalized spacial score (nSPS) is 9.42. The lowest BCUT2D eigenvalue weighted by Gasteiger charge is -2.01. The van der Waals surface area contributed by atoms with Gasteiger partial charge in [-0.05, 0) is 13.0 Å². The maximum atomic E-state index is 10.6. The molecule has 3 amide bonds. The second-order valence-corrected chi connectivity index (χ2v) is 2.11. The van der Waals surface area contributed by atoms with Gasteiger partial charge in [0.15, 0.2) is 0 Å². The Morgan fingerprint density at radius 2 is 2.08 bits per heavy atom. The van der Waals surface area contributed by atoms with E-state index in [1.54, 1.807) is 0 Å². The lowest BCUT2D eigenvalue weighted by atomic mass is 10.5. The molecule has 5 N–H and O–H groups in total. The fourth-order valence-electron chi connectivity index (χ4n) is 0.524. The first-order valence-electron chi connectivity index (χ1n) is 3.54. The van der Waals surface area contributed by atoms with E-state index in [0.717, 1.165) is 0 Å². The van der Waals surface area contributed by atoms with Crippen molar-refractivity contribution in [2.24, 2.45) is 11.5 Å². The van der Waals surface area contributed by atoms with Gasteiger partial charge in [0.05, 0.1) is 0 Å². The lowest BCUT2D eigenvalue weighted by Crippen LogP contribution is -2.37. The minimum Gasteiger partial charge on any atom is -0.372 e. The maximum absolute atomic E-state index is 10.6. The molecule has 6 nitrogen and oxygen atoms in total. The van der Waals surface area contributed by atoms with Gasteiger partial charge in [0, 0.05) is 6.61 Å². The van der Waals surface area contributed by atoms with Gasteiger partial charge in [-0.25, -0.2) is 4.79 Å². The Morgan fingerprint density at radius 3 is 2.58 bits per heavy atom. The highest BCUT2D eigenvalue weighted by atomic mass is 16.5. The van der Waals surface area contributed by atoms with E-state index >= 15 is 0 Å². The third-order valence-corrected chi connectivity index (χ3v) is 0.989. The molecule has 0 atom stereocenters. The molecule has 12 heavy (non-hydrogen) atoms. The van der Waals surface area contributed by atoms with Gasteiger partial charge in [0.2, 0.25) is 0 Å². The van der Waals surface area contributed by atoms with Crippen molar-refractivity contribution < 1.29 is 14.3 Å². The molecule has 0 aromatic carbocycles. The van der Waals surface area contributed by atoms with Crippen molar-refractivity contribution in [1.29, 1.82) is 0 Å².